The number of aromatic amines is 1. The highest BCUT2D eigenvalue weighted by Gasteiger charge is 2.28. The number of carbonyl (C=O) groups excluding carboxylic acids is 1. The Kier molecular flexibility index (Phi) is 4.30. The zero-order valence-corrected chi connectivity index (χ0v) is 14.0. The topological polar surface area (TPSA) is 113 Å². The molecule has 1 aliphatic rings. The number of aryl methyl sites for hydroxylation is 2. The van der Waals surface area contributed by atoms with E-state index in [0.717, 1.165) is 22.6 Å². The molecule has 0 aromatic carbocycles. The highest BCUT2D eigenvalue weighted by atomic mass is 16.1. The summed E-state index contributed by atoms with van der Waals surface area (Å²) in [5.74, 6) is 0.184. The standard InChI is InChI=1S/C17H22N6O/c1-10-8-13(11(2)23(10)12-5-6-12)17(24)20-7-3-4-15-14(9-18)16(19)22-21-15/h8,12H,3-7H2,1-2H3,(H,20,24)(H3,19,21,22). The lowest BCUT2D eigenvalue weighted by atomic mass is 10.1. The fourth-order valence-corrected chi connectivity index (χ4v) is 3.16. The van der Waals surface area contributed by atoms with Gasteiger partial charge in [0.05, 0.1) is 11.3 Å². The number of hydrogen-bond donors (Lipinski definition) is 3. The second-order valence-electron chi connectivity index (χ2n) is 6.32. The van der Waals surface area contributed by atoms with Crippen molar-refractivity contribution in [1.29, 1.82) is 5.26 Å². The zero-order chi connectivity index (χ0) is 17.3. The highest BCUT2D eigenvalue weighted by molar-refractivity contribution is 5.95. The molecule has 0 atom stereocenters. The highest BCUT2D eigenvalue weighted by Crippen LogP contribution is 2.38. The Hall–Kier alpha value is -2.75. The molecule has 2 aromatic heterocycles. The molecule has 126 valence electrons. The van der Waals surface area contributed by atoms with Crippen LogP contribution in [0.25, 0.3) is 0 Å². The van der Waals surface area contributed by atoms with Gasteiger partial charge in [0.1, 0.15) is 11.6 Å². The number of nitriles is 1. The van der Waals surface area contributed by atoms with Crippen molar-refractivity contribution in [3.8, 4) is 6.07 Å². The van der Waals surface area contributed by atoms with Gasteiger partial charge in [-0.2, -0.15) is 10.4 Å². The van der Waals surface area contributed by atoms with Crippen LogP contribution in [0, 0.1) is 25.2 Å². The second kappa shape index (κ2) is 6.40. The summed E-state index contributed by atoms with van der Waals surface area (Å²) in [5.41, 5.74) is 9.66. The van der Waals surface area contributed by atoms with Crippen molar-refractivity contribution in [3.05, 3.63) is 34.3 Å². The minimum Gasteiger partial charge on any atom is -0.381 e. The summed E-state index contributed by atoms with van der Waals surface area (Å²) in [6, 6.07) is 4.58. The fourth-order valence-electron chi connectivity index (χ4n) is 3.16. The molecule has 7 heteroatoms. The molecule has 7 nitrogen and oxygen atoms in total. The number of amides is 1. The molecule has 1 amide bonds. The van der Waals surface area contributed by atoms with Crippen molar-refractivity contribution in [2.45, 2.75) is 45.6 Å². The second-order valence-corrected chi connectivity index (χ2v) is 6.32. The summed E-state index contributed by atoms with van der Waals surface area (Å²) in [6.45, 7) is 4.59. The number of carbonyl (C=O) groups is 1. The van der Waals surface area contributed by atoms with Crippen LogP contribution in [-0.2, 0) is 6.42 Å². The van der Waals surface area contributed by atoms with Gasteiger partial charge < -0.3 is 15.6 Å². The van der Waals surface area contributed by atoms with Crippen LogP contribution in [0.3, 0.4) is 0 Å². The number of hydrogen-bond acceptors (Lipinski definition) is 4. The maximum absolute atomic E-state index is 12.4. The van der Waals surface area contributed by atoms with Crippen molar-refractivity contribution in [2.24, 2.45) is 0 Å². The molecule has 0 aliphatic heterocycles. The summed E-state index contributed by atoms with van der Waals surface area (Å²) < 4.78 is 2.27. The van der Waals surface area contributed by atoms with Gasteiger partial charge in [-0.15, -0.1) is 0 Å². The fraction of sp³-hybridized carbons (Fsp3) is 0.471. The molecule has 4 N–H and O–H groups in total. The first kappa shape index (κ1) is 16.1. The van der Waals surface area contributed by atoms with E-state index >= 15 is 0 Å². The molecule has 2 heterocycles. The first-order valence-electron chi connectivity index (χ1n) is 8.22. The third-order valence-electron chi connectivity index (χ3n) is 4.51. The minimum absolute atomic E-state index is 0.0420. The number of anilines is 1. The molecule has 3 rings (SSSR count). The van der Waals surface area contributed by atoms with E-state index in [1.54, 1.807) is 0 Å². The van der Waals surface area contributed by atoms with Crippen LogP contribution in [0.2, 0.25) is 0 Å². The normalized spacial score (nSPS) is 13.7. The van der Waals surface area contributed by atoms with Gasteiger partial charge in [0.2, 0.25) is 0 Å². The maximum atomic E-state index is 12.4. The lowest BCUT2D eigenvalue weighted by Crippen LogP contribution is -2.25. The van der Waals surface area contributed by atoms with Crippen molar-refractivity contribution < 1.29 is 4.79 Å². The van der Waals surface area contributed by atoms with Gasteiger partial charge in [-0.05, 0) is 45.6 Å². The number of aromatic nitrogens is 3. The Morgan fingerprint density at radius 1 is 1.54 bits per heavy atom. The predicted octanol–water partition coefficient (Wildman–Crippen LogP) is 1.98. The van der Waals surface area contributed by atoms with E-state index in [-0.39, 0.29) is 11.7 Å². The van der Waals surface area contributed by atoms with Crippen molar-refractivity contribution in [3.63, 3.8) is 0 Å². The average Bonchev–Trinajstić information content (AvgIpc) is 3.25. The van der Waals surface area contributed by atoms with E-state index in [1.165, 1.54) is 12.8 Å². The summed E-state index contributed by atoms with van der Waals surface area (Å²) in [6.07, 6.45) is 3.73. The van der Waals surface area contributed by atoms with Gasteiger partial charge in [0.15, 0.2) is 5.82 Å². The molecule has 24 heavy (non-hydrogen) atoms. The molecular weight excluding hydrogens is 304 g/mol. The Morgan fingerprint density at radius 3 is 2.96 bits per heavy atom. The summed E-state index contributed by atoms with van der Waals surface area (Å²) in [5, 5.41) is 18.6. The molecule has 0 radical (unpaired) electrons. The van der Waals surface area contributed by atoms with Crippen LogP contribution in [0.5, 0.6) is 0 Å². The van der Waals surface area contributed by atoms with Crippen molar-refractivity contribution in [2.75, 3.05) is 12.3 Å². The number of nitrogens with two attached hydrogens (primary N) is 1. The lowest BCUT2D eigenvalue weighted by molar-refractivity contribution is 0.0952. The molecule has 0 spiro atoms. The SMILES string of the molecule is Cc1cc(C(=O)NCCCc2[nH]nc(N)c2C#N)c(C)n1C1CC1. The minimum atomic E-state index is -0.0420. The molecule has 0 unspecified atom stereocenters. The van der Waals surface area contributed by atoms with Gasteiger partial charge in [-0.3, -0.25) is 9.89 Å². The monoisotopic (exact) mass is 326 g/mol. The van der Waals surface area contributed by atoms with E-state index in [0.29, 0.717) is 31.0 Å². The van der Waals surface area contributed by atoms with E-state index in [4.69, 9.17) is 11.0 Å². The Bertz CT molecular complexity index is 806. The maximum Gasteiger partial charge on any atom is 0.253 e. The number of nitrogen functional groups attached to an aromatic ring is 1. The van der Waals surface area contributed by atoms with Gasteiger partial charge in [0, 0.05) is 24.0 Å². The van der Waals surface area contributed by atoms with Crippen LogP contribution in [0.4, 0.5) is 5.82 Å². The quantitative estimate of drug-likeness (QED) is 0.704. The molecule has 1 saturated carbocycles. The first-order chi connectivity index (χ1) is 11.5. The van der Waals surface area contributed by atoms with Gasteiger partial charge in [-0.1, -0.05) is 0 Å². The van der Waals surface area contributed by atoms with Crippen LogP contribution < -0.4 is 11.1 Å². The summed E-state index contributed by atoms with van der Waals surface area (Å²) in [7, 11) is 0. The molecule has 1 fully saturated rings. The number of nitrogens with zero attached hydrogens (tertiary/aromatic N) is 3. The Balaban J connectivity index is 1.55. The van der Waals surface area contributed by atoms with Crippen LogP contribution in [0.15, 0.2) is 6.07 Å². The van der Waals surface area contributed by atoms with Crippen LogP contribution >= 0.6 is 0 Å². The van der Waals surface area contributed by atoms with Crippen molar-refractivity contribution in [1.82, 2.24) is 20.1 Å². The number of nitrogens with one attached hydrogen (secondary N) is 2. The molecular formula is C17H22N6O. The van der Waals surface area contributed by atoms with E-state index < -0.39 is 0 Å². The van der Waals surface area contributed by atoms with Crippen LogP contribution in [-0.4, -0.2) is 27.2 Å². The number of rotatable bonds is 6. The van der Waals surface area contributed by atoms with Crippen molar-refractivity contribution >= 4 is 11.7 Å². The van der Waals surface area contributed by atoms with E-state index in [1.807, 2.05) is 26.0 Å². The van der Waals surface area contributed by atoms with Crippen LogP contribution in [0.1, 0.15) is 58.3 Å². The predicted molar refractivity (Wildman–Crippen MR) is 90.5 cm³/mol. The van der Waals surface area contributed by atoms with Gasteiger partial charge in [-0.25, -0.2) is 0 Å². The van der Waals surface area contributed by atoms with E-state index in [2.05, 4.69) is 20.1 Å². The third kappa shape index (κ3) is 3.00. The van der Waals surface area contributed by atoms with Gasteiger partial charge in [0.25, 0.3) is 5.91 Å². The largest absolute Gasteiger partial charge is 0.381 e. The molecule has 0 bridgehead atoms. The van der Waals surface area contributed by atoms with E-state index in [9.17, 15) is 4.79 Å². The zero-order valence-electron chi connectivity index (χ0n) is 14.0. The molecule has 0 saturated heterocycles. The summed E-state index contributed by atoms with van der Waals surface area (Å²) >= 11 is 0. The molecule has 1 aliphatic carbocycles. The number of H-pyrrole nitrogens is 1. The third-order valence-corrected chi connectivity index (χ3v) is 4.51. The average molecular weight is 326 g/mol. The summed E-state index contributed by atoms with van der Waals surface area (Å²) in [4.78, 5) is 12.4. The van der Waals surface area contributed by atoms with Gasteiger partial charge >= 0.3 is 0 Å². The Morgan fingerprint density at radius 2 is 2.29 bits per heavy atom. The lowest BCUT2D eigenvalue weighted by Gasteiger charge is -2.08. The first-order valence-corrected chi connectivity index (χ1v) is 8.22. The Labute approximate surface area is 140 Å². The molecule has 2 aromatic rings. The smallest absolute Gasteiger partial charge is 0.253 e.